The normalized spacial score (nSPS) is 11.5. The van der Waals surface area contributed by atoms with Gasteiger partial charge in [-0.3, -0.25) is 9.59 Å². The second-order valence-corrected chi connectivity index (χ2v) is 10.7. The molecule has 11 heteroatoms. The Labute approximate surface area is 198 Å². The van der Waals surface area contributed by atoms with Crippen molar-refractivity contribution in [2.45, 2.75) is 39.0 Å². The van der Waals surface area contributed by atoms with Gasteiger partial charge >= 0.3 is 5.97 Å². The average molecular weight is 496 g/mol. The molecule has 1 heterocycles. The van der Waals surface area contributed by atoms with Gasteiger partial charge in [-0.25, -0.2) is 13.2 Å². The molecule has 0 aliphatic rings. The summed E-state index contributed by atoms with van der Waals surface area (Å²) in [6, 6.07) is 5.64. The number of likely N-dealkylation sites (N-methyl/N-ethyl adjacent to an activating group) is 1. The van der Waals surface area contributed by atoms with Crippen molar-refractivity contribution < 1.29 is 27.5 Å². The minimum atomic E-state index is -3.95. The van der Waals surface area contributed by atoms with Gasteiger partial charge in [0.2, 0.25) is 21.8 Å². The van der Waals surface area contributed by atoms with Crippen molar-refractivity contribution in [1.29, 1.82) is 0 Å². The number of sulfonamides is 1. The summed E-state index contributed by atoms with van der Waals surface area (Å²) in [5.74, 6) is -1.08. The third kappa shape index (κ3) is 7.11. The number of nitrogens with one attached hydrogen (secondary N) is 2. The first-order valence-electron chi connectivity index (χ1n) is 10.4. The van der Waals surface area contributed by atoms with Crippen molar-refractivity contribution in [3.8, 4) is 0 Å². The first kappa shape index (κ1) is 26.5. The van der Waals surface area contributed by atoms with Crippen LogP contribution in [0.15, 0.2) is 34.5 Å². The predicted molar refractivity (Wildman–Crippen MR) is 128 cm³/mol. The van der Waals surface area contributed by atoms with Crippen LogP contribution < -0.4 is 10.6 Å². The van der Waals surface area contributed by atoms with Crippen LogP contribution in [0.2, 0.25) is 0 Å². The van der Waals surface area contributed by atoms with E-state index in [0.717, 1.165) is 9.87 Å². The molecular formula is C22H29N3O6S2. The quantitative estimate of drug-likeness (QED) is 0.488. The zero-order valence-electron chi connectivity index (χ0n) is 19.3. The highest BCUT2D eigenvalue weighted by atomic mass is 32.2. The lowest BCUT2D eigenvalue weighted by atomic mass is 10.0. The third-order valence-corrected chi connectivity index (χ3v) is 7.24. The molecule has 0 saturated carbocycles. The molecule has 0 spiro atoms. The fraction of sp³-hybridized carbons (Fsp3) is 0.409. The van der Waals surface area contributed by atoms with E-state index in [1.165, 1.54) is 49.6 Å². The number of benzene rings is 1. The maximum Gasteiger partial charge on any atom is 0.341 e. The van der Waals surface area contributed by atoms with E-state index in [0.29, 0.717) is 28.6 Å². The highest BCUT2D eigenvalue weighted by Crippen LogP contribution is 2.31. The van der Waals surface area contributed by atoms with Crippen LogP contribution in [-0.4, -0.2) is 50.7 Å². The molecule has 2 amide bonds. The second-order valence-electron chi connectivity index (χ2n) is 7.80. The van der Waals surface area contributed by atoms with E-state index in [4.69, 9.17) is 4.74 Å². The molecule has 2 N–H and O–H groups in total. The largest absolute Gasteiger partial charge is 0.462 e. The smallest absolute Gasteiger partial charge is 0.341 e. The van der Waals surface area contributed by atoms with E-state index in [1.54, 1.807) is 12.3 Å². The zero-order chi connectivity index (χ0) is 24.8. The molecule has 1 aromatic heterocycles. The molecule has 2 rings (SSSR count). The topological polar surface area (TPSA) is 122 Å². The number of hydrogen-bond donors (Lipinski definition) is 2. The maximum absolute atomic E-state index is 12.8. The number of thiophene rings is 1. The van der Waals surface area contributed by atoms with Crippen LogP contribution in [0.25, 0.3) is 0 Å². The summed E-state index contributed by atoms with van der Waals surface area (Å²) in [5.41, 5.74) is 1.55. The zero-order valence-corrected chi connectivity index (χ0v) is 20.9. The molecule has 0 saturated heterocycles. The highest BCUT2D eigenvalue weighted by molar-refractivity contribution is 7.89. The van der Waals surface area contributed by atoms with Crippen molar-refractivity contribution in [2.24, 2.45) is 5.92 Å². The summed E-state index contributed by atoms with van der Waals surface area (Å²) in [6.45, 7) is 6.85. The number of anilines is 2. The number of carbonyl (C=O) groups is 3. The summed E-state index contributed by atoms with van der Waals surface area (Å²) in [7, 11) is -2.65. The number of esters is 1. The van der Waals surface area contributed by atoms with E-state index < -0.39 is 28.4 Å². The van der Waals surface area contributed by atoms with Gasteiger partial charge in [0.1, 0.15) is 5.00 Å². The van der Waals surface area contributed by atoms with Crippen LogP contribution in [0, 0.1) is 5.92 Å². The second kappa shape index (κ2) is 11.4. The first-order chi connectivity index (χ1) is 15.4. The minimum absolute atomic E-state index is 0.0190. The van der Waals surface area contributed by atoms with Crippen LogP contribution in [0.1, 0.15) is 43.6 Å². The molecule has 0 radical (unpaired) electrons. The molecule has 33 heavy (non-hydrogen) atoms. The van der Waals surface area contributed by atoms with Gasteiger partial charge in [0.25, 0.3) is 0 Å². The summed E-state index contributed by atoms with van der Waals surface area (Å²) in [6.07, 6.45) is 0.642. The lowest BCUT2D eigenvalue weighted by Gasteiger charge is -2.17. The molecule has 180 valence electrons. The minimum Gasteiger partial charge on any atom is -0.462 e. The van der Waals surface area contributed by atoms with E-state index in [1.807, 2.05) is 13.8 Å². The summed E-state index contributed by atoms with van der Waals surface area (Å²) < 4.78 is 31.7. The van der Waals surface area contributed by atoms with Gasteiger partial charge in [0.15, 0.2) is 0 Å². The maximum atomic E-state index is 12.8. The Morgan fingerprint density at radius 3 is 2.30 bits per heavy atom. The van der Waals surface area contributed by atoms with Crippen molar-refractivity contribution >= 4 is 49.8 Å². The number of ether oxygens (including phenoxy) is 1. The standard InChI is InChI=1S/C22H29N3O6S2/c1-6-31-22(28)20-16(11-14(2)3)13-32-21(20)24-19(27)12-25(5)33(29,30)18-9-7-17(8-10-18)23-15(4)26/h7-10,13-14H,6,11-12H2,1-5H3,(H,23,26)(H,24,27). The fourth-order valence-electron chi connectivity index (χ4n) is 3.05. The Kier molecular flexibility index (Phi) is 9.15. The molecular weight excluding hydrogens is 466 g/mol. The van der Waals surface area contributed by atoms with E-state index >= 15 is 0 Å². The van der Waals surface area contributed by atoms with Crippen LogP contribution >= 0.6 is 11.3 Å². The molecule has 0 aliphatic carbocycles. The van der Waals surface area contributed by atoms with Crippen LogP contribution in [-0.2, 0) is 30.8 Å². The molecule has 0 aliphatic heterocycles. The van der Waals surface area contributed by atoms with E-state index in [2.05, 4.69) is 10.6 Å². The molecule has 0 fully saturated rings. The third-order valence-electron chi connectivity index (χ3n) is 4.48. The van der Waals surface area contributed by atoms with Crippen LogP contribution in [0.5, 0.6) is 0 Å². The number of nitrogens with zero attached hydrogens (tertiary/aromatic N) is 1. The SMILES string of the molecule is CCOC(=O)c1c(CC(C)C)csc1NC(=O)CN(C)S(=O)(=O)c1ccc(NC(C)=O)cc1. The Morgan fingerprint density at radius 1 is 1.12 bits per heavy atom. The van der Waals surface area contributed by atoms with E-state index in [9.17, 15) is 22.8 Å². The molecule has 0 unspecified atom stereocenters. The summed E-state index contributed by atoms with van der Waals surface area (Å²) in [4.78, 5) is 36.2. The fourth-order valence-corrected chi connectivity index (χ4v) is 5.16. The average Bonchev–Trinajstić information content (AvgIpc) is 3.09. The van der Waals surface area contributed by atoms with Crippen molar-refractivity contribution in [2.75, 3.05) is 30.8 Å². The number of hydrogen-bond acceptors (Lipinski definition) is 7. The monoisotopic (exact) mass is 495 g/mol. The number of rotatable bonds is 10. The Bertz CT molecular complexity index is 1110. The van der Waals surface area contributed by atoms with Crippen LogP contribution in [0.3, 0.4) is 0 Å². The Morgan fingerprint density at radius 2 is 1.76 bits per heavy atom. The molecule has 2 aromatic rings. The van der Waals surface area contributed by atoms with Gasteiger partial charge in [0, 0.05) is 19.7 Å². The highest BCUT2D eigenvalue weighted by Gasteiger charge is 2.26. The summed E-state index contributed by atoms with van der Waals surface area (Å²) >= 11 is 1.20. The predicted octanol–water partition coefficient (Wildman–Crippen LogP) is 3.34. The van der Waals surface area contributed by atoms with Gasteiger partial charge in [-0.1, -0.05) is 13.8 Å². The molecule has 1 aromatic carbocycles. The van der Waals surface area contributed by atoms with Gasteiger partial charge in [-0.15, -0.1) is 11.3 Å². The lowest BCUT2D eigenvalue weighted by molar-refractivity contribution is -0.116. The Hall–Kier alpha value is -2.76. The number of amides is 2. The van der Waals surface area contributed by atoms with Gasteiger partial charge in [-0.2, -0.15) is 4.31 Å². The molecule has 0 atom stereocenters. The van der Waals surface area contributed by atoms with E-state index in [-0.39, 0.29) is 17.4 Å². The summed E-state index contributed by atoms with van der Waals surface area (Å²) in [5, 5.41) is 7.35. The van der Waals surface area contributed by atoms with Gasteiger partial charge in [-0.05, 0) is 54.5 Å². The number of carbonyl (C=O) groups excluding carboxylic acids is 3. The molecule has 0 bridgehead atoms. The van der Waals surface area contributed by atoms with Crippen molar-refractivity contribution in [3.05, 3.63) is 40.8 Å². The van der Waals surface area contributed by atoms with Gasteiger partial charge in [0.05, 0.1) is 23.6 Å². The lowest BCUT2D eigenvalue weighted by Crippen LogP contribution is -2.35. The Balaban J connectivity index is 2.15. The van der Waals surface area contributed by atoms with Crippen molar-refractivity contribution in [3.63, 3.8) is 0 Å². The molecule has 9 nitrogen and oxygen atoms in total. The van der Waals surface area contributed by atoms with Crippen molar-refractivity contribution in [1.82, 2.24) is 4.31 Å². The van der Waals surface area contributed by atoms with Gasteiger partial charge < -0.3 is 15.4 Å². The first-order valence-corrected chi connectivity index (χ1v) is 12.7. The van der Waals surface area contributed by atoms with Crippen LogP contribution in [0.4, 0.5) is 10.7 Å².